The predicted molar refractivity (Wildman–Crippen MR) is 140 cm³/mol. The van der Waals surface area contributed by atoms with Gasteiger partial charge in [-0.05, 0) is 30.0 Å². The van der Waals surface area contributed by atoms with Gasteiger partial charge in [0.2, 0.25) is 6.04 Å². The van der Waals surface area contributed by atoms with Crippen LogP contribution in [0.25, 0.3) is 0 Å². The minimum absolute atomic E-state index is 0.0407. The average molecular weight is 503 g/mol. The van der Waals surface area contributed by atoms with Crippen LogP contribution in [0.4, 0.5) is 0 Å². The number of nitrogens with zero attached hydrogens (tertiary/aromatic N) is 2. The average Bonchev–Trinajstić information content (AvgIpc) is 2.92. The Bertz CT molecular complexity index is 1150. The molecule has 1 saturated carbocycles. The van der Waals surface area contributed by atoms with Gasteiger partial charge in [0.05, 0.1) is 25.2 Å². The fourth-order valence-electron chi connectivity index (χ4n) is 6.05. The Morgan fingerprint density at radius 3 is 1.84 bits per heavy atom. The minimum atomic E-state index is -1.08. The van der Waals surface area contributed by atoms with Crippen molar-refractivity contribution in [3.8, 4) is 0 Å². The summed E-state index contributed by atoms with van der Waals surface area (Å²) in [5.41, 5.74) is 3.02. The van der Waals surface area contributed by atoms with E-state index in [-0.39, 0.29) is 16.9 Å². The standard InChI is InChI=1S/C30H34N2O5/c1-21-17-25-26(32(34)35)27(31(21)18-22-11-5-2-6-12-22)28(33)30(37-20-24-15-9-4-10-16-24)29(25)36-19-23-13-7-3-8-14-23/h2-16,21,25-30,33H,17-20H2,1H3/t21?,25-,26+,27+,28-,29-,30-/m1/s1. The quantitative estimate of drug-likeness (QED) is 0.344. The first kappa shape index (κ1) is 25.5. The Kier molecular flexibility index (Phi) is 7.96. The van der Waals surface area contributed by atoms with E-state index in [1.54, 1.807) is 0 Å². The summed E-state index contributed by atoms with van der Waals surface area (Å²) >= 11 is 0. The molecule has 1 heterocycles. The van der Waals surface area contributed by atoms with Crippen LogP contribution in [0.15, 0.2) is 91.0 Å². The molecule has 3 aromatic carbocycles. The summed E-state index contributed by atoms with van der Waals surface area (Å²) in [5, 5.41) is 24.3. The van der Waals surface area contributed by atoms with Crippen LogP contribution >= 0.6 is 0 Å². The molecule has 2 bridgehead atoms. The van der Waals surface area contributed by atoms with E-state index in [0.717, 1.165) is 16.7 Å². The number of hydrogen-bond donors (Lipinski definition) is 1. The van der Waals surface area contributed by atoms with E-state index in [2.05, 4.69) is 11.8 Å². The van der Waals surface area contributed by atoms with Crippen LogP contribution in [0.3, 0.4) is 0 Å². The zero-order valence-corrected chi connectivity index (χ0v) is 21.0. The van der Waals surface area contributed by atoms with E-state index >= 15 is 0 Å². The van der Waals surface area contributed by atoms with Crippen molar-refractivity contribution in [3.05, 3.63) is 118 Å². The molecule has 0 radical (unpaired) electrons. The van der Waals surface area contributed by atoms with Crippen molar-refractivity contribution in [1.29, 1.82) is 0 Å². The highest BCUT2D eigenvalue weighted by Gasteiger charge is 2.62. The van der Waals surface area contributed by atoms with Crippen molar-refractivity contribution in [3.63, 3.8) is 0 Å². The third-order valence-electron chi connectivity index (χ3n) is 7.81. The van der Waals surface area contributed by atoms with Gasteiger partial charge in [-0.2, -0.15) is 0 Å². The monoisotopic (exact) mass is 502 g/mol. The lowest BCUT2D eigenvalue weighted by molar-refractivity contribution is -0.558. The van der Waals surface area contributed by atoms with E-state index in [9.17, 15) is 15.2 Å². The molecule has 37 heavy (non-hydrogen) atoms. The molecule has 1 N–H and O–H groups in total. The zero-order chi connectivity index (χ0) is 25.8. The van der Waals surface area contributed by atoms with Gasteiger partial charge in [-0.3, -0.25) is 15.0 Å². The maximum atomic E-state index is 12.5. The van der Waals surface area contributed by atoms with Crippen LogP contribution < -0.4 is 0 Å². The van der Waals surface area contributed by atoms with E-state index in [0.29, 0.717) is 26.2 Å². The van der Waals surface area contributed by atoms with Crippen LogP contribution in [0.2, 0.25) is 0 Å². The molecule has 1 aliphatic heterocycles. The second-order valence-electron chi connectivity index (χ2n) is 10.2. The molecule has 7 atom stereocenters. The van der Waals surface area contributed by atoms with Gasteiger partial charge >= 0.3 is 0 Å². The van der Waals surface area contributed by atoms with Crippen LogP contribution in [0, 0.1) is 16.0 Å². The number of rotatable bonds is 9. The highest BCUT2D eigenvalue weighted by molar-refractivity contribution is 5.18. The lowest BCUT2D eigenvalue weighted by Gasteiger charge is -2.54. The maximum absolute atomic E-state index is 12.5. The number of aliphatic hydroxyl groups excluding tert-OH is 1. The first-order valence-corrected chi connectivity index (χ1v) is 12.9. The number of fused-ring (bicyclic) bond motifs is 2. The third kappa shape index (κ3) is 5.60. The number of likely N-dealkylation sites (tertiary alicyclic amines) is 1. The van der Waals surface area contributed by atoms with Crippen LogP contribution in [0.5, 0.6) is 0 Å². The Morgan fingerprint density at radius 1 is 0.838 bits per heavy atom. The second kappa shape index (κ2) is 11.5. The molecule has 0 amide bonds. The molecular weight excluding hydrogens is 468 g/mol. The van der Waals surface area contributed by atoms with Gasteiger partial charge in [0, 0.05) is 17.5 Å². The van der Waals surface area contributed by atoms with Gasteiger partial charge in [-0.25, -0.2) is 0 Å². The Labute approximate surface area is 217 Å². The molecule has 3 aromatic rings. The molecule has 7 nitrogen and oxygen atoms in total. The zero-order valence-electron chi connectivity index (χ0n) is 21.0. The highest BCUT2D eigenvalue weighted by Crippen LogP contribution is 2.43. The Balaban J connectivity index is 1.46. The summed E-state index contributed by atoms with van der Waals surface area (Å²) in [6, 6.07) is 27.9. The normalized spacial score (nSPS) is 29.6. The molecule has 7 heteroatoms. The minimum Gasteiger partial charge on any atom is -0.388 e. The molecule has 2 fully saturated rings. The van der Waals surface area contributed by atoms with Gasteiger partial charge in [-0.1, -0.05) is 91.0 Å². The number of ether oxygens (including phenoxy) is 2. The summed E-state index contributed by atoms with van der Waals surface area (Å²) in [6.07, 6.45) is -1.79. The largest absolute Gasteiger partial charge is 0.388 e. The van der Waals surface area contributed by atoms with Crippen LogP contribution in [0.1, 0.15) is 30.0 Å². The van der Waals surface area contributed by atoms with Crippen molar-refractivity contribution in [2.75, 3.05) is 0 Å². The molecule has 194 valence electrons. The second-order valence-corrected chi connectivity index (χ2v) is 10.2. The van der Waals surface area contributed by atoms with Gasteiger partial charge in [0.1, 0.15) is 18.2 Å². The Hall–Kier alpha value is -3.10. The van der Waals surface area contributed by atoms with Gasteiger partial charge in [-0.15, -0.1) is 0 Å². The van der Waals surface area contributed by atoms with Crippen molar-refractivity contribution in [2.45, 2.75) is 69.5 Å². The molecule has 5 rings (SSSR count). The first-order chi connectivity index (χ1) is 18.0. The molecule has 0 spiro atoms. The van der Waals surface area contributed by atoms with Gasteiger partial charge in [0.25, 0.3) is 0 Å². The fraction of sp³-hybridized carbons (Fsp3) is 0.400. The molecule has 1 unspecified atom stereocenters. The van der Waals surface area contributed by atoms with Gasteiger partial charge in [0.15, 0.2) is 0 Å². The van der Waals surface area contributed by atoms with Crippen molar-refractivity contribution in [2.24, 2.45) is 5.92 Å². The van der Waals surface area contributed by atoms with E-state index in [1.165, 1.54) is 0 Å². The summed E-state index contributed by atoms with van der Waals surface area (Å²) in [6.45, 7) is 3.22. The van der Waals surface area contributed by atoms with Gasteiger partial charge < -0.3 is 14.6 Å². The first-order valence-electron chi connectivity index (χ1n) is 12.9. The summed E-state index contributed by atoms with van der Waals surface area (Å²) < 4.78 is 12.8. The lowest BCUT2D eigenvalue weighted by Crippen LogP contribution is -2.73. The number of benzene rings is 3. The van der Waals surface area contributed by atoms with Crippen molar-refractivity contribution < 1.29 is 19.5 Å². The summed E-state index contributed by atoms with van der Waals surface area (Å²) in [4.78, 5) is 14.4. The fourth-order valence-corrected chi connectivity index (χ4v) is 6.05. The van der Waals surface area contributed by atoms with E-state index < -0.39 is 30.4 Å². The molecule has 2 aliphatic rings. The smallest absolute Gasteiger partial charge is 0.236 e. The van der Waals surface area contributed by atoms with Crippen LogP contribution in [-0.2, 0) is 29.2 Å². The van der Waals surface area contributed by atoms with Crippen molar-refractivity contribution in [1.82, 2.24) is 4.90 Å². The number of piperidine rings is 1. The van der Waals surface area contributed by atoms with E-state index in [4.69, 9.17) is 9.47 Å². The van der Waals surface area contributed by atoms with Crippen molar-refractivity contribution >= 4 is 0 Å². The third-order valence-corrected chi connectivity index (χ3v) is 7.81. The number of nitro groups is 1. The predicted octanol–water partition coefficient (Wildman–Crippen LogP) is 4.46. The summed E-state index contributed by atoms with van der Waals surface area (Å²) in [7, 11) is 0. The topological polar surface area (TPSA) is 85.1 Å². The molecular formula is C30H34N2O5. The SMILES string of the molecule is CC1C[C@H]2[C@@H](OCc3ccccc3)[C@H](OCc3ccccc3)[C@H](O)[C@H]([C@H]2[N+](=O)[O-])N1Cc1ccccc1. The molecule has 0 aromatic heterocycles. The Morgan fingerprint density at radius 2 is 1.32 bits per heavy atom. The molecule has 1 aliphatic carbocycles. The molecule has 1 saturated heterocycles. The lowest BCUT2D eigenvalue weighted by atomic mass is 9.68. The van der Waals surface area contributed by atoms with Crippen LogP contribution in [-0.4, -0.2) is 51.4 Å². The number of aliphatic hydroxyl groups is 1. The number of hydrogen-bond acceptors (Lipinski definition) is 6. The summed E-state index contributed by atoms with van der Waals surface area (Å²) in [5.74, 6) is -0.380. The maximum Gasteiger partial charge on any atom is 0.236 e. The van der Waals surface area contributed by atoms with E-state index in [1.807, 2.05) is 91.0 Å². The highest BCUT2D eigenvalue weighted by atomic mass is 16.6.